The van der Waals surface area contributed by atoms with Crippen molar-refractivity contribution in [1.29, 1.82) is 5.41 Å². The maximum Gasteiger partial charge on any atom is 0.130 e. The van der Waals surface area contributed by atoms with Gasteiger partial charge in [-0.1, -0.05) is 19.1 Å². The minimum Gasteiger partial charge on any atom is -0.487 e. The van der Waals surface area contributed by atoms with Gasteiger partial charge in [0.25, 0.3) is 0 Å². The molecule has 0 fully saturated rings. The average molecular weight is 272 g/mol. The van der Waals surface area contributed by atoms with E-state index in [1.54, 1.807) is 6.07 Å². The van der Waals surface area contributed by atoms with Crippen molar-refractivity contribution in [3.05, 3.63) is 46.8 Å². The molecule has 106 valence electrons. The van der Waals surface area contributed by atoms with Crippen LogP contribution < -0.4 is 10.5 Å². The summed E-state index contributed by atoms with van der Waals surface area (Å²) in [4.78, 5) is 0. The zero-order valence-corrected chi connectivity index (χ0v) is 12.1. The van der Waals surface area contributed by atoms with Crippen LogP contribution in [0.15, 0.2) is 24.3 Å². The number of nitrogens with one attached hydrogen (secondary N) is 1. The first-order chi connectivity index (χ1) is 9.51. The van der Waals surface area contributed by atoms with E-state index in [0.717, 1.165) is 29.1 Å². The van der Waals surface area contributed by atoms with Gasteiger partial charge >= 0.3 is 0 Å². The lowest BCUT2D eigenvalue weighted by molar-refractivity contribution is 0.293. The van der Waals surface area contributed by atoms with Crippen molar-refractivity contribution in [2.75, 3.05) is 0 Å². The molecule has 0 saturated heterocycles. The van der Waals surface area contributed by atoms with Crippen molar-refractivity contribution < 1.29 is 4.74 Å². The standard InChI is InChI=1S/C15H20N4O/c1-4-12-8-13(19(3)18-12)9-20-14-7-11(15(16)17)6-5-10(14)2/h5-8H,4,9H2,1-3H3,(H3,16,17). The minimum absolute atomic E-state index is 0.0450. The number of benzene rings is 1. The highest BCUT2D eigenvalue weighted by molar-refractivity contribution is 5.95. The third kappa shape index (κ3) is 2.99. The maximum absolute atomic E-state index is 7.47. The number of rotatable bonds is 5. The maximum atomic E-state index is 7.47. The molecule has 1 aromatic carbocycles. The molecule has 0 radical (unpaired) electrons. The first kappa shape index (κ1) is 14.1. The monoisotopic (exact) mass is 272 g/mol. The van der Waals surface area contributed by atoms with E-state index < -0.39 is 0 Å². The molecular formula is C15H20N4O. The van der Waals surface area contributed by atoms with Gasteiger partial charge in [-0.3, -0.25) is 10.1 Å². The third-order valence-electron chi connectivity index (χ3n) is 3.26. The lowest BCUT2D eigenvalue weighted by Gasteiger charge is -2.10. The molecule has 1 heterocycles. The fourth-order valence-corrected chi connectivity index (χ4v) is 1.95. The van der Waals surface area contributed by atoms with Crippen LogP contribution >= 0.6 is 0 Å². The number of amidine groups is 1. The van der Waals surface area contributed by atoms with Gasteiger partial charge in [0, 0.05) is 12.6 Å². The van der Waals surface area contributed by atoms with Crippen molar-refractivity contribution in [2.24, 2.45) is 12.8 Å². The molecule has 0 saturated carbocycles. The molecule has 5 heteroatoms. The van der Waals surface area contributed by atoms with E-state index in [0.29, 0.717) is 12.2 Å². The molecule has 5 nitrogen and oxygen atoms in total. The SMILES string of the molecule is CCc1cc(COc2cc(C(=N)N)ccc2C)n(C)n1. The van der Waals surface area contributed by atoms with E-state index in [-0.39, 0.29) is 5.84 Å². The normalized spacial score (nSPS) is 10.6. The summed E-state index contributed by atoms with van der Waals surface area (Å²) < 4.78 is 7.68. The van der Waals surface area contributed by atoms with E-state index in [2.05, 4.69) is 12.0 Å². The van der Waals surface area contributed by atoms with E-state index in [1.165, 1.54) is 0 Å². The van der Waals surface area contributed by atoms with Gasteiger partial charge in [-0.15, -0.1) is 0 Å². The fraction of sp³-hybridized carbons (Fsp3) is 0.333. The first-order valence-corrected chi connectivity index (χ1v) is 6.61. The van der Waals surface area contributed by atoms with E-state index in [4.69, 9.17) is 15.9 Å². The van der Waals surface area contributed by atoms with Crippen LogP contribution in [0.1, 0.15) is 29.4 Å². The third-order valence-corrected chi connectivity index (χ3v) is 3.26. The summed E-state index contributed by atoms with van der Waals surface area (Å²) in [5.41, 5.74) is 9.27. The van der Waals surface area contributed by atoms with Crippen LogP contribution in [0, 0.1) is 12.3 Å². The van der Waals surface area contributed by atoms with Gasteiger partial charge < -0.3 is 10.5 Å². The second-order valence-electron chi connectivity index (χ2n) is 4.79. The second kappa shape index (κ2) is 5.77. The quantitative estimate of drug-likeness (QED) is 0.646. The Morgan fingerprint density at radius 1 is 1.40 bits per heavy atom. The molecule has 0 amide bonds. The predicted molar refractivity (Wildman–Crippen MR) is 79.1 cm³/mol. The zero-order valence-electron chi connectivity index (χ0n) is 12.1. The summed E-state index contributed by atoms with van der Waals surface area (Å²) in [6, 6.07) is 7.58. The lowest BCUT2D eigenvalue weighted by Crippen LogP contribution is -2.11. The van der Waals surface area contributed by atoms with E-state index in [1.807, 2.05) is 36.9 Å². The first-order valence-electron chi connectivity index (χ1n) is 6.61. The molecule has 0 bridgehead atoms. The van der Waals surface area contributed by atoms with Crippen LogP contribution in [0.2, 0.25) is 0 Å². The minimum atomic E-state index is 0.0450. The summed E-state index contributed by atoms with van der Waals surface area (Å²) in [7, 11) is 1.91. The number of aromatic nitrogens is 2. The molecule has 20 heavy (non-hydrogen) atoms. The summed E-state index contributed by atoms with van der Waals surface area (Å²) in [5.74, 6) is 0.792. The second-order valence-corrected chi connectivity index (χ2v) is 4.79. The number of nitrogen functional groups attached to an aromatic ring is 1. The Balaban J connectivity index is 2.15. The number of hydrogen-bond acceptors (Lipinski definition) is 3. The summed E-state index contributed by atoms with van der Waals surface area (Å²) in [6.07, 6.45) is 0.909. The molecule has 3 N–H and O–H groups in total. The van der Waals surface area contributed by atoms with Crippen LogP contribution in [-0.4, -0.2) is 15.6 Å². The Hall–Kier alpha value is -2.30. The van der Waals surface area contributed by atoms with E-state index >= 15 is 0 Å². The van der Waals surface area contributed by atoms with Crippen LogP contribution in [-0.2, 0) is 20.1 Å². The molecule has 0 spiro atoms. The van der Waals surface area contributed by atoms with Gasteiger partial charge in [-0.25, -0.2) is 0 Å². The molecule has 0 aliphatic carbocycles. The zero-order chi connectivity index (χ0) is 14.7. The van der Waals surface area contributed by atoms with Gasteiger partial charge in [0.05, 0.1) is 11.4 Å². The molecule has 1 aromatic heterocycles. The highest BCUT2D eigenvalue weighted by atomic mass is 16.5. The Morgan fingerprint density at radius 3 is 2.75 bits per heavy atom. The topological polar surface area (TPSA) is 76.9 Å². The van der Waals surface area contributed by atoms with Crippen LogP contribution in [0.4, 0.5) is 0 Å². The molecule has 0 aliphatic heterocycles. The average Bonchev–Trinajstić information content (AvgIpc) is 2.78. The van der Waals surface area contributed by atoms with E-state index in [9.17, 15) is 0 Å². The lowest BCUT2D eigenvalue weighted by atomic mass is 10.1. The highest BCUT2D eigenvalue weighted by Gasteiger charge is 2.07. The number of hydrogen-bond donors (Lipinski definition) is 2. The van der Waals surface area contributed by atoms with Gasteiger partial charge in [0.2, 0.25) is 0 Å². The molecule has 0 atom stereocenters. The van der Waals surface area contributed by atoms with Crippen molar-refractivity contribution >= 4 is 5.84 Å². The largest absolute Gasteiger partial charge is 0.487 e. The molecule has 0 aliphatic rings. The van der Waals surface area contributed by atoms with Crippen molar-refractivity contribution in [1.82, 2.24) is 9.78 Å². The van der Waals surface area contributed by atoms with Crippen LogP contribution in [0.3, 0.4) is 0 Å². The molecule has 2 rings (SSSR count). The Kier molecular flexibility index (Phi) is 4.08. The molecule has 0 unspecified atom stereocenters. The molecule has 2 aromatic rings. The van der Waals surface area contributed by atoms with Gasteiger partial charge in [0.1, 0.15) is 18.2 Å². The highest BCUT2D eigenvalue weighted by Crippen LogP contribution is 2.20. The Morgan fingerprint density at radius 2 is 2.15 bits per heavy atom. The van der Waals surface area contributed by atoms with Crippen molar-refractivity contribution in [3.63, 3.8) is 0 Å². The van der Waals surface area contributed by atoms with Crippen LogP contribution in [0.25, 0.3) is 0 Å². The van der Waals surface area contributed by atoms with Gasteiger partial charge in [-0.05, 0) is 31.0 Å². The number of nitrogens with zero attached hydrogens (tertiary/aromatic N) is 2. The fourth-order valence-electron chi connectivity index (χ4n) is 1.95. The molecular weight excluding hydrogens is 252 g/mol. The Bertz CT molecular complexity index is 631. The van der Waals surface area contributed by atoms with Crippen molar-refractivity contribution in [3.8, 4) is 5.75 Å². The Labute approximate surface area is 118 Å². The summed E-state index contributed by atoms with van der Waals surface area (Å²) >= 11 is 0. The van der Waals surface area contributed by atoms with Gasteiger partial charge in [-0.2, -0.15) is 5.10 Å². The number of ether oxygens (including phenoxy) is 1. The van der Waals surface area contributed by atoms with Gasteiger partial charge in [0.15, 0.2) is 0 Å². The van der Waals surface area contributed by atoms with Crippen molar-refractivity contribution in [2.45, 2.75) is 26.9 Å². The van der Waals surface area contributed by atoms with Crippen LogP contribution in [0.5, 0.6) is 5.75 Å². The summed E-state index contributed by atoms with van der Waals surface area (Å²) in [5, 5.41) is 11.9. The summed E-state index contributed by atoms with van der Waals surface area (Å²) in [6.45, 7) is 4.50. The smallest absolute Gasteiger partial charge is 0.130 e. The number of aryl methyl sites for hydroxylation is 3. The predicted octanol–water partition coefficient (Wildman–Crippen LogP) is 2.15. The number of nitrogens with two attached hydrogens (primary N) is 1.